The Balaban J connectivity index is 1.75. The molecule has 0 unspecified atom stereocenters. The Morgan fingerprint density at radius 2 is 1.88 bits per heavy atom. The van der Waals surface area contributed by atoms with Crippen LogP contribution in [0.15, 0.2) is 47.4 Å². The number of thioether (sulfide) groups is 1. The molecule has 1 heterocycles. The third kappa shape index (κ3) is 5.41. The van der Waals surface area contributed by atoms with E-state index in [-0.39, 0.29) is 10.4 Å². The van der Waals surface area contributed by atoms with Crippen molar-refractivity contribution >= 4 is 46.2 Å². The van der Waals surface area contributed by atoms with Crippen molar-refractivity contribution in [2.45, 2.75) is 26.4 Å². The molecule has 0 aliphatic carbocycles. The van der Waals surface area contributed by atoms with Crippen LogP contribution in [0.2, 0.25) is 0 Å². The lowest BCUT2D eigenvalue weighted by Crippen LogP contribution is -2.44. The number of methoxy groups -OCH3 is 2. The van der Waals surface area contributed by atoms with Crippen LogP contribution in [0.3, 0.4) is 0 Å². The van der Waals surface area contributed by atoms with Gasteiger partial charge in [0.15, 0.2) is 15.8 Å². The average Bonchev–Trinajstić information content (AvgIpc) is 3.07. The summed E-state index contributed by atoms with van der Waals surface area (Å²) in [7, 11) is 3.11. The molecule has 2 aromatic rings. The summed E-state index contributed by atoms with van der Waals surface area (Å²) < 4.78 is 16.6. The molecule has 0 spiro atoms. The fourth-order valence-electron chi connectivity index (χ4n) is 2.80. The third-order valence-corrected chi connectivity index (χ3v) is 6.05. The molecule has 0 aromatic heterocycles. The first kappa shape index (κ1) is 23.6. The Labute approximate surface area is 196 Å². The molecule has 2 aromatic carbocycles. The Bertz CT molecular complexity index is 1050. The molecule has 1 atom stereocenters. The fourth-order valence-corrected chi connectivity index (χ4v) is 3.97. The first-order valence-corrected chi connectivity index (χ1v) is 11.2. The van der Waals surface area contributed by atoms with Crippen molar-refractivity contribution in [2.75, 3.05) is 14.2 Å². The van der Waals surface area contributed by atoms with Gasteiger partial charge in [0.2, 0.25) is 0 Å². The van der Waals surface area contributed by atoms with Gasteiger partial charge in [-0.2, -0.15) is 5.01 Å². The Morgan fingerprint density at radius 3 is 2.50 bits per heavy atom. The monoisotopic (exact) mass is 472 g/mol. The van der Waals surface area contributed by atoms with Crippen LogP contribution in [-0.4, -0.2) is 41.5 Å². The summed E-state index contributed by atoms with van der Waals surface area (Å²) in [5, 5.41) is 1.08. The van der Waals surface area contributed by atoms with Gasteiger partial charge in [0.25, 0.3) is 11.8 Å². The van der Waals surface area contributed by atoms with E-state index in [1.165, 1.54) is 0 Å². The molecule has 1 aliphatic rings. The molecule has 0 bridgehead atoms. The molecule has 168 valence electrons. The summed E-state index contributed by atoms with van der Waals surface area (Å²) in [5.41, 5.74) is 3.69. The van der Waals surface area contributed by atoms with Crippen LogP contribution in [0, 0.1) is 0 Å². The predicted octanol–water partition coefficient (Wildman–Crippen LogP) is 4.43. The lowest BCUT2D eigenvalue weighted by Gasteiger charge is -2.16. The number of nitrogens with zero attached hydrogens (tertiary/aromatic N) is 1. The second kappa shape index (κ2) is 10.5. The largest absolute Gasteiger partial charge is 0.497 e. The van der Waals surface area contributed by atoms with Gasteiger partial charge in [-0.15, -0.1) is 0 Å². The third-order valence-electron chi connectivity index (χ3n) is 4.75. The van der Waals surface area contributed by atoms with Gasteiger partial charge >= 0.3 is 0 Å². The highest BCUT2D eigenvalue weighted by molar-refractivity contribution is 8.26. The van der Waals surface area contributed by atoms with E-state index >= 15 is 0 Å². The normalized spacial score (nSPS) is 15.6. The summed E-state index contributed by atoms with van der Waals surface area (Å²) in [4.78, 5) is 25.8. The van der Waals surface area contributed by atoms with Crippen molar-refractivity contribution in [1.29, 1.82) is 0 Å². The maximum Gasteiger partial charge on any atom is 0.285 e. The molecule has 1 aliphatic heterocycles. The summed E-state index contributed by atoms with van der Waals surface area (Å²) in [6, 6.07) is 12.0. The number of nitrogens with one attached hydrogen (secondary N) is 1. The van der Waals surface area contributed by atoms with Crippen LogP contribution >= 0.6 is 24.0 Å². The van der Waals surface area contributed by atoms with Gasteiger partial charge in [0, 0.05) is 5.56 Å². The lowest BCUT2D eigenvalue weighted by atomic mass is 10.1. The zero-order valence-electron chi connectivity index (χ0n) is 18.2. The minimum atomic E-state index is -0.446. The summed E-state index contributed by atoms with van der Waals surface area (Å²) in [6.07, 6.45) is 2.63. The van der Waals surface area contributed by atoms with Gasteiger partial charge in [-0.05, 0) is 73.6 Å². The number of carbonyl (C=O) groups is 2. The number of ether oxygens (including phenoxy) is 3. The van der Waals surface area contributed by atoms with Crippen LogP contribution in [0.1, 0.15) is 36.2 Å². The minimum absolute atomic E-state index is 0.0558. The predicted molar refractivity (Wildman–Crippen MR) is 129 cm³/mol. The number of benzene rings is 2. The quantitative estimate of drug-likeness (QED) is 0.450. The number of rotatable bonds is 8. The summed E-state index contributed by atoms with van der Waals surface area (Å²) in [6.45, 7) is 4.03. The lowest BCUT2D eigenvalue weighted by molar-refractivity contribution is -0.123. The zero-order valence-corrected chi connectivity index (χ0v) is 19.8. The van der Waals surface area contributed by atoms with Crippen molar-refractivity contribution < 1.29 is 23.8 Å². The number of hydrogen-bond acceptors (Lipinski definition) is 7. The molecule has 1 fully saturated rings. The van der Waals surface area contributed by atoms with Gasteiger partial charge in [-0.3, -0.25) is 15.0 Å². The molecular weight excluding hydrogens is 448 g/mol. The number of hydrazine groups is 1. The SMILES string of the molecule is CC[C@@H](C)Oc1ccc(/C=C2/SC(=S)N(NC(=O)c3ccc(OC)cc3)C2=O)cc1OC. The van der Waals surface area contributed by atoms with Crippen LogP contribution in [-0.2, 0) is 4.79 Å². The van der Waals surface area contributed by atoms with Gasteiger partial charge in [-0.25, -0.2) is 0 Å². The highest BCUT2D eigenvalue weighted by atomic mass is 32.2. The van der Waals surface area contributed by atoms with E-state index < -0.39 is 11.8 Å². The van der Waals surface area contributed by atoms with Crippen LogP contribution < -0.4 is 19.6 Å². The molecule has 0 radical (unpaired) electrons. The van der Waals surface area contributed by atoms with Crippen LogP contribution in [0.25, 0.3) is 6.08 Å². The number of amides is 2. The first-order valence-electron chi connectivity index (χ1n) is 9.94. The maximum absolute atomic E-state index is 12.9. The van der Waals surface area contributed by atoms with Gasteiger partial charge in [0.05, 0.1) is 25.2 Å². The molecular formula is C23H24N2O5S2. The topological polar surface area (TPSA) is 77.1 Å². The maximum atomic E-state index is 12.9. The second-order valence-electron chi connectivity index (χ2n) is 6.93. The molecule has 3 rings (SSSR count). The van der Waals surface area contributed by atoms with E-state index in [0.29, 0.717) is 27.7 Å². The molecule has 1 saturated heterocycles. The molecule has 0 saturated carbocycles. The van der Waals surface area contributed by atoms with Crippen molar-refractivity contribution in [2.24, 2.45) is 0 Å². The molecule has 9 heteroatoms. The molecule has 32 heavy (non-hydrogen) atoms. The van der Waals surface area contributed by atoms with Crippen molar-refractivity contribution in [1.82, 2.24) is 10.4 Å². The van der Waals surface area contributed by atoms with Crippen molar-refractivity contribution in [3.05, 3.63) is 58.5 Å². The van der Waals surface area contributed by atoms with E-state index in [4.69, 9.17) is 26.4 Å². The summed E-state index contributed by atoms with van der Waals surface area (Å²) in [5.74, 6) is 0.992. The van der Waals surface area contributed by atoms with Crippen molar-refractivity contribution in [3.8, 4) is 17.2 Å². The number of carbonyl (C=O) groups excluding carboxylic acids is 2. The number of hydrogen-bond donors (Lipinski definition) is 1. The van der Waals surface area contributed by atoms with Crippen LogP contribution in [0.4, 0.5) is 0 Å². The molecule has 1 N–H and O–H groups in total. The van der Waals surface area contributed by atoms with E-state index in [1.54, 1.807) is 50.6 Å². The standard InChI is InChI=1S/C23H24N2O5S2/c1-5-14(2)30-18-11-6-15(12-19(18)29-4)13-20-22(27)25(23(31)32-20)24-21(26)16-7-9-17(28-3)10-8-16/h6-14H,5H2,1-4H3,(H,24,26)/b20-13+/t14-/m1/s1. The summed E-state index contributed by atoms with van der Waals surface area (Å²) >= 11 is 6.41. The molecule has 7 nitrogen and oxygen atoms in total. The van der Waals surface area contributed by atoms with Gasteiger partial charge in [-0.1, -0.05) is 24.8 Å². The van der Waals surface area contributed by atoms with E-state index in [9.17, 15) is 9.59 Å². The Kier molecular flexibility index (Phi) is 7.76. The first-order chi connectivity index (χ1) is 15.4. The van der Waals surface area contributed by atoms with Crippen LogP contribution in [0.5, 0.6) is 17.2 Å². The second-order valence-corrected chi connectivity index (χ2v) is 8.61. The minimum Gasteiger partial charge on any atom is -0.497 e. The zero-order chi connectivity index (χ0) is 23.3. The van der Waals surface area contributed by atoms with E-state index in [0.717, 1.165) is 28.8 Å². The van der Waals surface area contributed by atoms with Gasteiger partial charge in [0.1, 0.15) is 5.75 Å². The Morgan fingerprint density at radius 1 is 1.16 bits per heavy atom. The van der Waals surface area contributed by atoms with Gasteiger partial charge < -0.3 is 14.2 Å². The smallest absolute Gasteiger partial charge is 0.285 e. The highest BCUT2D eigenvalue weighted by Crippen LogP contribution is 2.34. The van der Waals surface area contributed by atoms with Crippen molar-refractivity contribution in [3.63, 3.8) is 0 Å². The molecule has 2 amide bonds. The fraction of sp³-hybridized carbons (Fsp3) is 0.261. The number of thiocarbonyl (C=S) groups is 1. The highest BCUT2D eigenvalue weighted by Gasteiger charge is 2.33. The van der Waals surface area contributed by atoms with E-state index in [2.05, 4.69) is 5.43 Å². The average molecular weight is 473 g/mol. The Hall–Kier alpha value is -3.04. The van der Waals surface area contributed by atoms with E-state index in [1.807, 2.05) is 26.0 Å².